The van der Waals surface area contributed by atoms with Crippen molar-refractivity contribution in [3.8, 4) is 0 Å². The third-order valence-electron chi connectivity index (χ3n) is 6.75. The number of carbonyl (C=O) groups excluding carboxylic acids is 3. The lowest BCUT2D eigenvalue weighted by Crippen LogP contribution is -2.46. The van der Waals surface area contributed by atoms with Gasteiger partial charge in [0.2, 0.25) is 0 Å². The summed E-state index contributed by atoms with van der Waals surface area (Å²) in [5.41, 5.74) is 7.37. The Hall–Kier alpha value is -3.25. The fourth-order valence-electron chi connectivity index (χ4n) is 5.58. The number of imide groups is 1. The molecule has 4 aliphatic rings. The molecular formula is C25H17BrN2O3. The summed E-state index contributed by atoms with van der Waals surface area (Å²) < 4.78 is 0.747. The molecule has 1 fully saturated rings. The van der Waals surface area contributed by atoms with Gasteiger partial charge in [-0.2, -0.15) is 5.01 Å². The van der Waals surface area contributed by atoms with E-state index in [1.54, 1.807) is 18.2 Å². The number of rotatable bonds is 2. The summed E-state index contributed by atoms with van der Waals surface area (Å²) in [6, 6.07) is 23.0. The third-order valence-corrected chi connectivity index (χ3v) is 7.24. The average molecular weight is 473 g/mol. The number of nitrogens with one attached hydrogen (secondary N) is 1. The van der Waals surface area contributed by atoms with E-state index < -0.39 is 17.7 Å². The quantitative estimate of drug-likeness (QED) is 0.573. The maximum Gasteiger partial charge on any atom is 0.270 e. The predicted octanol–water partition coefficient (Wildman–Crippen LogP) is 3.99. The van der Waals surface area contributed by atoms with E-state index in [0.29, 0.717) is 5.56 Å². The highest BCUT2D eigenvalue weighted by atomic mass is 79.9. The molecular weight excluding hydrogens is 456 g/mol. The first-order valence-electron chi connectivity index (χ1n) is 10.2. The molecule has 0 saturated carbocycles. The topological polar surface area (TPSA) is 66.5 Å². The van der Waals surface area contributed by atoms with E-state index in [1.807, 2.05) is 30.3 Å². The van der Waals surface area contributed by atoms with Crippen LogP contribution < -0.4 is 5.43 Å². The molecule has 5 nitrogen and oxygen atoms in total. The summed E-state index contributed by atoms with van der Waals surface area (Å²) in [4.78, 5) is 39.7. The lowest BCUT2D eigenvalue weighted by Gasteiger charge is -2.45. The maximum atomic E-state index is 13.5. The normalized spacial score (nSPS) is 25.1. The van der Waals surface area contributed by atoms with Crippen LogP contribution in [0.3, 0.4) is 0 Å². The van der Waals surface area contributed by atoms with Gasteiger partial charge in [-0.1, -0.05) is 70.5 Å². The number of halogens is 1. The molecule has 1 aliphatic heterocycles. The van der Waals surface area contributed by atoms with Gasteiger partial charge in [-0.25, -0.2) is 0 Å². The highest BCUT2D eigenvalue weighted by molar-refractivity contribution is 9.10. The van der Waals surface area contributed by atoms with Crippen molar-refractivity contribution in [3.63, 3.8) is 0 Å². The van der Waals surface area contributed by atoms with Gasteiger partial charge >= 0.3 is 0 Å². The van der Waals surface area contributed by atoms with Crippen molar-refractivity contribution in [1.82, 2.24) is 10.4 Å². The van der Waals surface area contributed by atoms with Crippen LogP contribution in [0.1, 0.15) is 44.4 Å². The Morgan fingerprint density at radius 2 is 1.23 bits per heavy atom. The number of amides is 3. The highest BCUT2D eigenvalue weighted by Gasteiger charge is 2.62. The van der Waals surface area contributed by atoms with Gasteiger partial charge in [0.15, 0.2) is 0 Å². The SMILES string of the molecule is O=C(NN1C(=O)[C@@H]2C3c4ccccc4C(c4ccccc43)[C@@H]2C1=O)c1cccc(Br)c1. The second-order valence-electron chi connectivity index (χ2n) is 8.23. The molecule has 3 aromatic rings. The number of hydrogen-bond donors (Lipinski definition) is 1. The van der Waals surface area contributed by atoms with E-state index in [1.165, 1.54) is 0 Å². The summed E-state index contributed by atoms with van der Waals surface area (Å²) in [7, 11) is 0. The molecule has 0 unspecified atom stereocenters. The molecule has 3 aromatic carbocycles. The highest BCUT2D eigenvalue weighted by Crippen LogP contribution is 2.60. The lowest BCUT2D eigenvalue weighted by molar-refractivity contribution is -0.142. The summed E-state index contributed by atoms with van der Waals surface area (Å²) in [5.74, 6) is -2.55. The number of hydrogen-bond acceptors (Lipinski definition) is 3. The van der Waals surface area contributed by atoms with Crippen LogP contribution in [0.2, 0.25) is 0 Å². The molecule has 1 N–H and O–H groups in total. The molecule has 3 aliphatic carbocycles. The Kier molecular flexibility index (Phi) is 3.96. The Balaban J connectivity index is 1.42. The Bertz CT molecular complexity index is 1170. The van der Waals surface area contributed by atoms with E-state index in [2.05, 4.69) is 45.6 Å². The minimum atomic E-state index is -0.509. The van der Waals surface area contributed by atoms with Crippen LogP contribution in [0, 0.1) is 11.8 Å². The molecule has 2 atom stereocenters. The summed E-state index contributed by atoms with van der Waals surface area (Å²) in [6.07, 6.45) is 0. The smallest absolute Gasteiger partial charge is 0.270 e. The zero-order valence-electron chi connectivity index (χ0n) is 16.3. The lowest BCUT2D eigenvalue weighted by atomic mass is 9.55. The Morgan fingerprint density at radius 1 is 0.742 bits per heavy atom. The first-order chi connectivity index (χ1) is 15.1. The van der Waals surface area contributed by atoms with E-state index >= 15 is 0 Å². The van der Waals surface area contributed by atoms with Crippen LogP contribution in [0.4, 0.5) is 0 Å². The average Bonchev–Trinajstić information content (AvgIpc) is 3.04. The number of nitrogens with zero attached hydrogens (tertiary/aromatic N) is 1. The van der Waals surface area contributed by atoms with Crippen molar-refractivity contribution in [2.24, 2.45) is 11.8 Å². The van der Waals surface area contributed by atoms with Crippen LogP contribution in [0.5, 0.6) is 0 Å². The number of hydrazine groups is 1. The molecule has 7 rings (SSSR count). The van der Waals surface area contributed by atoms with Crippen LogP contribution in [0.25, 0.3) is 0 Å². The molecule has 0 spiro atoms. The van der Waals surface area contributed by atoms with Crippen molar-refractivity contribution >= 4 is 33.7 Å². The van der Waals surface area contributed by atoms with Gasteiger partial charge in [-0.05, 0) is 40.5 Å². The number of carbonyl (C=O) groups is 3. The maximum absolute atomic E-state index is 13.5. The van der Waals surface area contributed by atoms with E-state index in [9.17, 15) is 14.4 Å². The second-order valence-corrected chi connectivity index (χ2v) is 9.14. The molecule has 1 heterocycles. The van der Waals surface area contributed by atoms with Crippen LogP contribution >= 0.6 is 15.9 Å². The first-order valence-corrected chi connectivity index (χ1v) is 11.0. The van der Waals surface area contributed by atoms with E-state index in [4.69, 9.17) is 0 Å². The van der Waals surface area contributed by atoms with E-state index in [-0.39, 0.29) is 23.7 Å². The Morgan fingerprint density at radius 3 is 1.68 bits per heavy atom. The Labute approximate surface area is 187 Å². The largest absolute Gasteiger partial charge is 0.272 e. The van der Waals surface area contributed by atoms with Crippen LogP contribution in [0.15, 0.2) is 77.3 Å². The zero-order chi connectivity index (χ0) is 21.3. The fourth-order valence-corrected chi connectivity index (χ4v) is 5.98. The second kappa shape index (κ2) is 6.62. The van der Waals surface area contributed by atoms with Gasteiger partial charge < -0.3 is 0 Å². The molecule has 6 heteroatoms. The molecule has 0 aromatic heterocycles. The minimum absolute atomic E-state index is 0.188. The molecule has 1 saturated heterocycles. The van der Waals surface area contributed by atoms with Crippen LogP contribution in [-0.4, -0.2) is 22.7 Å². The summed E-state index contributed by atoms with van der Waals surface area (Å²) in [5, 5.41) is 0.955. The summed E-state index contributed by atoms with van der Waals surface area (Å²) in [6.45, 7) is 0. The van der Waals surface area contributed by atoms with Crippen molar-refractivity contribution in [3.05, 3.63) is 105 Å². The van der Waals surface area contributed by atoms with Gasteiger partial charge in [0.1, 0.15) is 0 Å². The molecule has 152 valence electrons. The molecule has 2 bridgehead atoms. The summed E-state index contributed by atoms with van der Waals surface area (Å²) >= 11 is 3.35. The van der Waals surface area contributed by atoms with Crippen molar-refractivity contribution in [2.75, 3.05) is 0 Å². The van der Waals surface area contributed by atoms with Crippen LogP contribution in [-0.2, 0) is 9.59 Å². The predicted molar refractivity (Wildman–Crippen MR) is 117 cm³/mol. The van der Waals surface area contributed by atoms with E-state index in [0.717, 1.165) is 31.7 Å². The van der Waals surface area contributed by atoms with Gasteiger partial charge in [-0.15, -0.1) is 0 Å². The monoisotopic (exact) mass is 472 g/mol. The van der Waals surface area contributed by atoms with Gasteiger partial charge in [0, 0.05) is 21.9 Å². The van der Waals surface area contributed by atoms with Crippen molar-refractivity contribution in [2.45, 2.75) is 11.8 Å². The van der Waals surface area contributed by atoms with Gasteiger partial charge in [0.05, 0.1) is 11.8 Å². The third kappa shape index (κ3) is 2.51. The molecule has 0 radical (unpaired) electrons. The van der Waals surface area contributed by atoms with Crippen molar-refractivity contribution < 1.29 is 14.4 Å². The first kappa shape index (κ1) is 18.5. The zero-order valence-corrected chi connectivity index (χ0v) is 17.9. The number of benzene rings is 3. The minimum Gasteiger partial charge on any atom is -0.272 e. The van der Waals surface area contributed by atoms with Crippen molar-refractivity contribution in [1.29, 1.82) is 0 Å². The van der Waals surface area contributed by atoms with Gasteiger partial charge in [0.25, 0.3) is 17.7 Å². The molecule has 3 amide bonds. The fraction of sp³-hybridized carbons (Fsp3) is 0.160. The molecule has 31 heavy (non-hydrogen) atoms. The standard InChI is InChI=1S/C25H17BrN2O3/c26-14-7-5-6-13(12-14)23(29)27-28-24(30)21-19-15-8-1-2-9-16(15)20(22(21)25(28)31)18-11-4-3-10-17(18)19/h1-12,19-22H,(H,27,29)/t19?,20?,21-,22+. The van der Waals surface area contributed by atoms with Gasteiger partial charge in [-0.3, -0.25) is 19.8 Å².